The van der Waals surface area contributed by atoms with Gasteiger partial charge in [-0.1, -0.05) is 18.2 Å². The van der Waals surface area contributed by atoms with Gasteiger partial charge in [-0.05, 0) is 6.07 Å². The number of amides is 1. The lowest BCUT2D eigenvalue weighted by atomic mass is 10.1. The molecule has 1 heterocycles. The number of para-hydroxylation sites is 1. The molecule has 0 saturated carbocycles. The van der Waals surface area contributed by atoms with Crippen LogP contribution in [0.15, 0.2) is 35.2 Å². The third kappa shape index (κ3) is 3.56. The van der Waals surface area contributed by atoms with Crippen molar-refractivity contribution in [3.63, 3.8) is 0 Å². The van der Waals surface area contributed by atoms with Gasteiger partial charge in [-0.15, -0.1) is 11.3 Å². The highest BCUT2D eigenvalue weighted by Gasteiger charge is 2.06. The van der Waals surface area contributed by atoms with Crippen molar-refractivity contribution in [1.82, 2.24) is 10.3 Å². The van der Waals surface area contributed by atoms with E-state index in [1.54, 1.807) is 41.1 Å². The number of carbonyl (C=O) groups excluding carboxylic acids is 1. The zero-order valence-electron chi connectivity index (χ0n) is 9.80. The van der Waals surface area contributed by atoms with Crippen LogP contribution in [-0.2, 0) is 17.6 Å². The molecule has 0 aliphatic rings. The molecular weight excluding hydrogens is 248 g/mol. The van der Waals surface area contributed by atoms with E-state index in [2.05, 4.69) is 10.3 Å². The van der Waals surface area contributed by atoms with Crippen molar-refractivity contribution in [3.05, 3.63) is 46.4 Å². The first-order valence-electron chi connectivity index (χ1n) is 5.66. The van der Waals surface area contributed by atoms with Gasteiger partial charge in [-0.25, -0.2) is 4.98 Å². The van der Waals surface area contributed by atoms with Crippen LogP contribution < -0.4 is 5.32 Å². The van der Waals surface area contributed by atoms with Gasteiger partial charge in [-0.2, -0.15) is 0 Å². The van der Waals surface area contributed by atoms with Crippen LogP contribution in [0, 0.1) is 0 Å². The Balaban J connectivity index is 1.77. The lowest BCUT2D eigenvalue weighted by molar-refractivity contribution is -0.120. The van der Waals surface area contributed by atoms with Crippen LogP contribution in [0.2, 0.25) is 0 Å². The molecule has 1 aromatic heterocycles. The molecule has 0 radical (unpaired) electrons. The van der Waals surface area contributed by atoms with E-state index in [0.29, 0.717) is 12.1 Å². The smallest absolute Gasteiger partial charge is 0.224 e. The largest absolute Gasteiger partial charge is 0.508 e. The first-order valence-corrected chi connectivity index (χ1v) is 6.60. The van der Waals surface area contributed by atoms with Gasteiger partial charge in [0.25, 0.3) is 0 Å². The highest BCUT2D eigenvalue weighted by Crippen LogP contribution is 2.15. The Hall–Kier alpha value is -1.88. The molecule has 0 fully saturated rings. The number of aromatic hydroxyl groups is 1. The van der Waals surface area contributed by atoms with Crippen LogP contribution in [-0.4, -0.2) is 22.5 Å². The molecule has 1 aromatic carbocycles. The molecule has 0 spiro atoms. The number of hydrogen-bond acceptors (Lipinski definition) is 4. The van der Waals surface area contributed by atoms with Crippen molar-refractivity contribution in [1.29, 1.82) is 0 Å². The Bertz CT molecular complexity index is 511. The van der Waals surface area contributed by atoms with Gasteiger partial charge in [0, 0.05) is 23.9 Å². The predicted molar refractivity (Wildman–Crippen MR) is 70.6 cm³/mol. The van der Waals surface area contributed by atoms with Crippen LogP contribution >= 0.6 is 11.3 Å². The number of phenols is 1. The van der Waals surface area contributed by atoms with E-state index >= 15 is 0 Å². The number of carbonyl (C=O) groups is 1. The number of aromatic nitrogens is 1. The molecule has 18 heavy (non-hydrogen) atoms. The van der Waals surface area contributed by atoms with Gasteiger partial charge in [0.1, 0.15) is 5.75 Å². The summed E-state index contributed by atoms with van der Waals surface area (Å²) in [5.74, 6) is 0.0684. The summed E-state index contributed by atoms with van der Waals surface area (Å²) in [6.45, 7) is 0.566. The van der Waals surface area contributed by atoms with Crippen molar-refractivity contribution in [2.24, 2.45) is 0 Å². The molecule has 2 rings (SSSR count). The first-order chi connectivity index (χ1) is 8.75. The fraction of sp³-hybridized carbons (Fsp3) is 0.231. The minimum absolute atomic E-state index is 0.0910. The lowest BCUT2D eigenvalue weighted by Gasteiger charge is -2.05. The maximum absolute atomic E-state index is 11.7. The average Bonchev–Trinajstić information content (AvgIpc) is 2.85. The second-order valence-corrected chi connectivity index (χ2v) is 4.60. The normalized spacial score (nSPS) is 10.2. The average molecular weight is 262 g/mol. The molecule has 94 valence electrons. The van der Waals surface area contributed by atoms with Crippen LogP contribution in [0.4, 0.5) is 0 Å². The summed E-state index contributed by atoms with van der Waals surface area (Å²) in [7, 11) is 0. The molecule has 0 aliphatic heterocycles. The zero-order chi connectivity index (χ0) is 12.8. The van der Waals surface area contributed by atoms with E-state index in [1.807, 2.05) is 5.38 Å². The van der Waals surface area contributed by atoms with Crippen molar-refractivity contribution in [3.8, 4) is 5.75 Å². The van der Waals surface area contributed by atoms with E-state index in [9.17, 15) is 9.90 Å². The number of phenolic OH excluding ortho intramolecular Hbond substituents is 1. The number of nitrogens with zero attached hydrogens (tertiary/aromatic N) is 1. The molecule has 0 bridgehead atoms. The fourth-order valence-corrected chi connectivity index (χ4v) is 2.18. The summed E-state index contributed by atoms with van der Waals surface area (Å²) in [5.41, 5.74) is 3.41. The van der Waals surface area contributed by atoms with E-state index in [0.717, 1.165) is 12.1 Å². The topological polar surface area (TPSA) is 62.2 Å². The van der Waals surface area contributed by atoms with Gasteiger partial charge < -0.3 is 10.4 Å². The first kappa shape index (κ1) is 12.6. The highest BCUT2D eigenvalue weighted by atomic mass is 32.1. The highest BCUT2D eigenvalue weighted by molar-refractivity contribution is 7.07. The quantitative estimate of drug-likeness (QED) is 0.863. The molecule has 4 nitrogen and oxygen atoms in total. The summed E-state index contributed by atoms with van der Waals surface area (Å²) >= 11 is 1.55. The molecule has 2 N–H and O–H groups in total. The van der Waals surface area contributed by atoms with Gasteiger partial charge in [0.2, 0.25) is 5.91 Å². The monoisotopic (exact) mass is 262 g/mol. The summed E-state index contributed by atoms with van der Waals surface area (Å²) < 4.78 is 0. The molecule has 0 aliphatic carbocycles. The van der Waals surface area contributed by atoms with Crippen LogP contribution in [0.5, 0.6) is 5.75 Å². The summed E-state index contributed by atoms with van der Waals surface area (Å²) in [6, 6.07) is 6.86. The minimum atomic E-state index is -0.0910. The third-order valence-corrected chi connectivity index (χ3v) is 3.16. The van der Waals surface area contributed by atoms with Gasteiger partial charge in [0.15, 0.2) is 0 Å². The van der Waals surface area contributed by atoms with E-state index in [-0.39, 0.29) is 18.1 Å². The van der Waals surface area contributed by atoms with E-state index in [1.165, 1.54) is 0 Å². The molecule has 5 heteroatoms. The Kier molecular flexibility index (Phi) is 4.30. The lowest BCUT2D eigenvalue weighted by Crippen LogP contribution is -2.27. The van der Waals surface area contributed by atoms with Crippen molar-refractivity contribution < 1.29 is 9.90 Å². The number of thiazole rings is 1. The SMILES string of the molecule is O=C(Cc1ccccc1O)NCCc1cscn1. The molecule has 2 aromatic rings. The fourth-order valence-electron chi connectivity index (χ4n) is 1.59. The molecule has 0 atom stereocenters. The summed E-state index contributed by atoms with van der Waals surface area (Å²) in [6.07, 6.45) is 0.930. The predicted octanol–water partition coefficient (Wildman–Crippen LogP) is 1.75. The van der Waals surface area contributed by atoms with Crippen LogP contribution in [0.25, 0.3) is 0 Å². The van der Waals surface area contributed by atoms with E-state index in [4.69, 9.17) is 0 Å². The van der Waals surface area contributed by atoms with E-state index < -0.39 is 0 Å². The van der Waals surface area contributed by atoms with Gasteiger partial charge >= 0.3 is 0 Å². The molecule has 0 saturated heterocycles. The number of benzene rings is 1. The molecule has 0 unspecified atom stereocenters. The van der Waals surface area contributed by atoms with Gasteiger partial charge in [0.05, 0.1) is 17.6 Å². The number of rotatable bonds is 5. The number of hydrogen-bond donors (Lipinski definition) is 2. The van der Waals surface area contributed by atoms with Crippen molar-refractivity contribution >= 4 is 17.2 Å². The van der Waals surface area contributed by atoms with Crippen LogP contribution in [0.3, 0.4) is 0 Å². The maximum atomic E-state index is 11.7. The Morgan fingerprint density at radius 3 is 2.94 bits per heavy atom. The number of nitrogens with one attached hydrogen (secondary N) is 1. The Labute approximate surface area is 109 Å². The zero-order valence-corrected chi connectivity index (χ0v) is 10.6. The van der Waals surface area contributed by atoms with Gasteiger partial charge in [-0.3, -0.25) is 4.79 Å². The standard InChI is InChI=1S/C13H14N2O2S/c16-12-4-2-1-3-10(12)7-13(17)14-6-5-11-8-18-9-15-11/h1-4,8-9,16H,5-7H2,(H,14,17). The second-order valence-electron chi connectivity index (χ2n) is 3.89. The van der Waals surface area contributed by atoms with Crippen molar-refractivity contribution in [2.45, 2.75) is 12.8 Å². The minimum Gasteiger partial charge on any atom is -0.508 e. The Morgan fingerprint density at radius 1 is 1.39 bits per heavy atom. The second kappa shape index (κ2) is 6.16. The Morgan fingerprint density at radius 2 is 2.22 bits per heavy atom. The van der Waals surface area contributed by atoms with Crippen molar-refractivity contribution in [2.75, 3.05) is 6.54 Å². The summed E-state index contributed by atoms with van der Waals surface area (Å²) in [5, 5.41) is 14.3. The molecular formula is C13H14N2O2S. The summed E-state index contributed by atoms with van der Waals surface area (Å²) in [4.78, 5) is 15.8. The third-order valence-electron chi connectivity index (χ3n) is 2.53. The maximum Gasteiger partial charge on any atom is 0.224 e. The molecule has 1 amide bonds. The van der Waals surface area contributed by atoms with Crippen LogP contribution in [0.1, 0.15) is 11.3 Å².